The van der Waals surface area contributed by atoms with E-state index in [1.165, 1.54) is 10.9 Å². The van der Waals surface area contributed by atoms with Crippen LogP contribution in [-0.2, 0) is 27.4 Å². The quantitative estimate of drug-likeness (QED) is 0.443. The lowest BCUT2D eigenvalue weighted by Crippen LogP contribution is -2.38. The first-order valence-corrected chi connectivity index (χ1v) is 10.9. The van der Waals surface area contributed by atoms with Gasteiger partial charge >= 0.3 is 12.1 Å². The lowest BCUT2D eigenvalue weighted by atomic mass is 9.98. The molecule has 0 radical (unpaired) electrons. The minimum Gasteiger partial charge on any atom is -0.480 e. The van der Waals surface area contributed by atoms with Crippen molar-refractivity contribution < 1.29 is 24.2 Å². The summed E-state index contributed by atoms with van der Waals surface area (Å²) in [6.07, 6.45) is 0.916. The summed E-state index contributed by atoms with van der Waals surface area (Å²) in [6, 6.07) is 15.7. The Morgan fingerprint density at radius 2 is 1.74 bits per heavy atom. The Labute approximate surface area is 195 Å². The zero-order valence-electron chi connectivity index (χ0n) is 18.6. The predicted octanol–water partition coefficient (Wildman–Crippen LogP) is 2.30. The van der Waals surface area contributed by atoms with Crippen LogP contribution in [0.4, 0.5) is 4.79 Å². The Morgan fingerprint density at radius 1 is 1.09 bits per heavy atom. The second kappa shape index (κ2) is 10.2. The van der Waals surface area contributed by atoms with Crippen molar-refractivity contribution in [3.05, 3.63) is 71.5 Å². The third kappa shape index (κ3) is 5.40. The molecule has 1 aliphatic carbocycles. The van der Waals surface area contributed by atoms with E-state index < -0.39 is 18.1 Å². The number of aliphatic carboxylic acids is 1. The van der Waals surface area contributed by atoms with Crippen molar-refractivity contribution in [3.63, 3.8) is 0 Å². The number of nitrogens with zero attached hydrogens (tertiary/aromatic N) is 3. The molecular weight excluding hydrogens is 438 g/mol. The van der Waals surface area contributed by atoms with Gasteiger partial charge in [0.25, 0.3) is 0 Å². The van der Waals surface area contributed by atoms with Gasteiger partial charge in [0.2, 0.25) is 5.91 Å². The highest BCUT2D eigenvalue weighted by Crippen LogP contribution is 2.44. The van der Waals surface area contributed by atoms with Crippen LogP contribution in [0.15, 0.2) is 54.7 Å². The first-order valence-electron chi connectivity index (χ1n) is 10.9. The minimum atomic E-state index is -1.03. The van der Waals surface area contributed by atoms with Crippen LogP contribution in [0.2, 0.25) is 0 Å². The molecule has 0 spiro atoms. The second-order valence-electron chi connectivity index (χ2n) is 8.15. The Bertz CT molecular complexity index is 1160. The molecule has 1 aromatic heterocycles. The summed E-state index contributed by atoms with van der Waals surface area (Å²) in [4.78, 5) is 35.2. The summed E-state index contributed by atoms with van der Waals surface area (Å²) in [5.74, 6) is -1.36. The van der Waals surface area contributed by atoms with Crippen molar-refractivity contribution in [2.24, 2.45) is 0 Å². The summed E-state index contributed by atoms with van der Waals surface area (Å²) >= 11 is 0. The number of hydrogen-bond acceptors (Lipinski definition) is 6. The van der Waals surface area contributed by atoms with Gasteiger partial charge in [-0.25, -0.2) is 9.48 Å². The fourth-order valence-corrected chi connectivity index (χ4v) is 4.07. The maximum atomic E-state index is 12.4. The lowest BCUT2D eigenvalue weighted by molar-refractivity contribution is -0.138. The maximum absolute atomic E-state index is 12.4. The smallest absolute Gasteiger partial charge is 0.407 e. The molecule has 0 saturated carbocycles. The van der Waals surface area contributed by atoms with Gasteiger partial charge in [-0.05, 0) is 29.2 Å². The number of hydrogen-bond donors (Lipinski definition) is 3. The highest BCUT2D eigenvalue weighted by atomic mass is 16.5. The van der Waals surface area contributed by atoms with Gasteiger partial charge in [-0.2, -0.15) is 0 Å². The van der Waals surface area contributed by atoms with Crippen molar-refractivity contribution >= 4 is 18.0 Å². The number of carbonyl (C=O) groups is 3. The Hall–Kier alpha value is -4.21. The van der Waals surface area contributed by atoms with Crippen LogP contribution in [0, 0.1) is 0 Å². The van der Waals surface area contributed by atoms with Crippen LogP contribution in [0.1, 0.15) is 36.1 Å². The zero-order valence-corrected chi connectivity index (χ0v) is 18.6. The summed E-state index contributed by atoms with van der Waals surface area (Å²) < 4.78 is 6.68. The molecule has 0 unspecified atom stereocenters. The van der Waals surface area contributed by atoms with Crippen molar-refractivity contribution in [3.8, 4) is 11.1 Å². The van der Waals surface area contributed by atoms with E-state index in [0.29, 0.717) is 5.69 Å². The van der Waals surface area contributed by atoms with E-state index in [4.69, 9.17) is 9.84 Å². The fourth-order valence-electron chi connectivity index (χ4n) is 4.07. The third-order valence-electron chi connectivity index (χ3n) is 5.55. The third-order valence-corrected chi connectivity index (χ3v) is 5.55. The van der Waals surface area contributed by atoms with Gasteiger partial charge in [-0.3, -0.25) is 9.59 Å². The van der Waals surface area contributed by atoms with Gasteiger partial charge in [0, 0.05) is 18.4 Å². The summed E-state index contributed by atoms with van der Waals surface area (Å²) in [7, 11) is 0. The summed E-state index contributed by atoms with van der Waals surface area (Å²) in [5.41, 5.74) is 5.00. The standard InChI is InChI=1S/C24H25N5O5/c1-15(10-22(30)25-11-16-12-29(28-27-16)13-23(31)32)26-24(33)34-14-21-19-8-4-2-6-17(19)18-7-3-5-9-20(18)21/h2-9,12,15,21H,10-11,13-14H2,1H3,(H,25,30)(H,26,33)(H,31,32)/t15-/m0/s1. The Balaban J connectivity index is 1.23. The SMILES string of the molecule is C[C@@H](CC(=O)NCc1cn(CC(=O)O)nn1)NC(=O)OCC1c2ccccc2-c2ccccc21. The average molecular weight is 463 g/mol. The molecule has 2 amide bonds. The molecule has 1 aliphatic rings. The topological polar surface area (TPSA) is 135 Å². The summed E-state index contributed by atoms with van der Waals surface area (Å²) in [6.45, 7) is 1.72. The molecule has 0 saturated heterocycles. The number of carboxylic acids is 1. The molecule has 2 aromatic carbocycles. The second-order valence-corrected chi connectivity index (χ2v) is 8.15. The Kier molecular flexibility index (Phi) is 6.86. The van der Waals surface area contributed by atoms with Crippen LogP contribution in [-0.4, -0.2) is 50.7 Å². The van der Waals surface area contributed by atoms with Crippen LogP contribution in [0.3, 0.4) is 0 Å². The maximum Gasteiger partial charge on any atom is 0.407 e. The van der Waals surface area contributed by atoms with Crippen LogP contribution in [0.5, 0.6) is 0 Å². The Morgan fingerprint density at radius 3 is 2.38 bits per heavy atom. The molecule has 0 fully saturated rings. The molecule has 1 atom stereocenters. The van der Waals surface area contributed by atoms with E-state index in [9.17, 15) is 14.4 Å². The normalized spacial score (nSPS) is 13.0. The average Bonchev–Trinajstić information content (AvgIpc) is 3.38. The minimum absolute atomic E-state index is 0.0358. The molecule has 176 valence electrons. The van der Waals surface area contributed by atoms with Gasteiger partial charge in [-0.15, -0.1) is 5.10 Å². The van der Waals surface area contributed by atoms with E-state index >= 15 is 0 Å². The molecule has 0 aliphatic heterocycles. The molecule has 34 heavy (non-hydrogen) atoms. The van der Waals surface area contributed by atoms with E-state index in [-0.39, 0.29) is 37.9 Å². The largest absolute Gasteiger partial charge is 0.480 e. The molecule has 1 heterocycles. The van der Waals surface area contributed by atoms with Gasteiger partial charge in [0.15, 0.2) is 0 Å². The number of carbonyl (C=O) groups excluding carboxylic acids is 2. The number of fused-ring (bicyclic) bond motifs is 3. The van der Waals surface area contributed by atoms with Gasteiger partial charge in [0.1, 0.15) is 18.8 Å². The number of alkyl carbamates (subject to hydrolysis) is 1. The highest BCUT2D eigenvalue weighted by Gasteiger charge is 2.29. The molecule has 4 rings (SSSR count). The molecular formula is C24H25N5O5. The van der Waals surface area contributed by atoms with Crippen molar-refractivity contribution in [1.82, 2.24) is 25.6 Å². The van der Waals surface area contributed by atoms with Crippen molar-refractivity contribution in [1.29, 1.82) is 0 Å². The van der Waals surface area contributed by atoms with Crippen LogP contribution >= 0.6 is 0 Å². The zero-order chi connectivity index (χ0) is 24.1. The lowest BCUT2D eigenvalue weighted by Gasteiger charge is -2.17. The molecule has 0 bridgehead atoms. The first-order chi connectivity index (χ1) is 16.4. The number of carboxylic acid groups (broad SMARTS) is 1. The highest BCUT2D eigenvalue weighted by molar-refractivity contribution is 5.79. The fraction of sp³-hybridized carbons (Fsp3) is 0.292. The van der Waals surface area contributed by atoms with Gasteiger partial charge < -0.3 is 20.5 Å². The van der Waals surface area contributed by atoms with Crippen LogP contribution < -0.4 is 10.6 Å². The number of ether oxygens (including phenoxy) is 1. The number of nitrogens with one attached hydrogen (secondary N) is 2. The predicted molar refractivity (Wildman–Crippen MR) is 122 cm³/mol. The molecule has 3 aromatic rings. The van der Waals surface area contributed by atoms with E-state index in [1.54, 1.807) is 6.92 Å². The van der Waals surface area contributed by atoms with Crippen LogP contribution in [0.25, 0.3) is 11.1 Å². The molecule has 10 nitrogen and oxygen atoms in total. The summed E-state index contributed by atoms with van der Waals surface area (Å²) in [5, 5.41) is 21.6. The van der Waals surface area contributed by atoms with Gasteiger partial charge in [-0.1, -0.05) is 53.7 Å². The number of benzene rings is 2. The molecule has 10 heteroatoms. The number of aromatic nitrogens is 3. The monoisotopic (exact) mass is 463 g/mol. The number of amides is 2. The number of rotatable bonds is 9. The molecule has 3 N–H and O–H groups in total. The van der Waals surface area contributed by atoms with Crippen molar-refractivity contribution in [2.45, 2.75) is 38.4 Å². The van der Waals surface area contributed by atoms with Gasteiger partial charge in [0.05, 0.1) is 12.7 Å². The van der Waals surface area contributed by atoms with Crippen molar-refractivity contribution in [2.75, 3.05) is 6.61 Å². The van der Waals surface area contributed by atoms with E-state index in [0.717, 1.165) is 22.3 Å². The van der Waals surface area contributed by atoms with E-state index in [1.807, 2.05) is 24.3 Å². The first kappa shape index (κ1) is 23.0. The van der Waals surface area contributed by atoms with E-state index in [2.05, 4.69) is 45.2 Å².